The Morgan fingerprint density at radius 2 is 0.833 bits per heavy atom. The van der Waals surface area contributed by atoms with Gasteiger partial charge in [-0.3, -0.25) is 0 Å². The minimum atomic E-state index is -0.484. The van der Waals surface area contributed by atoms with Crippen LogP contribution in [0.15, 0.2) is 224 Å². The number of anilines is 3. The third kappa shape index (κ3) is 5.17. The average Bonchev–Trinajstić information content (AvgIpc) is 3.56. The first-order valence-corrected chi connectivity index (χ1v) is 18.7. The first-order valence-electron chi connectivity index (χ1n) is 18.7. The highest BCUT2D eigenvalue weighted by molar-refractivity contribution is 5.99. The van der Waals surface area contributed by atoms with Crippen molar-refractivity contribution in [2.24, 2.45) is 0 Å². The maximum absolute atomic E-state index is 2.43. The molecule has 0 aromatic heterocycles. The van der Waals surface area contributed by atoms with Gasteiger partial charge in [-0.15, -0.1) is 0 Å². The minimum absolute atomic E-state index is 0.484. The van der Waals surface area contributed by atoms with E-state index >= 15 is 0 Å². The molecule has 1 aliphatic rings. The molecule has 0 saturated heterocycles. The van der Waals surface area contributed by atoms with Gasteiger partial charge in [-0.2, -0.15) is 0 Å². The highest BCUT2D eigenvalue weighted by Gasteiger charge is 2.46. The summed E-state index contributed by atoms with van der Waals surface area (Å²) in [6.45, 7) is 0. The summed E-state index contributed by atoms with van der Waals surface area (Å²) < 4.78 is 0. The highest BCUT2D eigenvalue weighted by Crippen LogP contribution is 2.56. The lowest BCUT2D eigenvalue weighted by Crippen LogP contribution is -2.28. The second kappa shape index (κ2) is 13.2. The van der Waals surface area contributed by atoms with Gasteiger partial charge in [0.05, 0.1) is 11.1 Å². The van der Waals surface area contributed by atoms with Crippen molar-refractivity contribution in [3.8, 4) is 33.4 Å². The number of hydrogen-bond donors (Lipinski definition) is 0. The monoisotopic (exact) mass is 687 g/mol. The smallest absolute Gasteiger partial charge is 0.0714 e. The maximum atomic E-state index is 2.43. The van der Waals surface area contributed by atoms with Crippen LogP contribution >= 0.6 is 0 Å². The van der Waals surface area contributed by atoms with Crippen molar-refractivity contribution in [1.82, 2.24) is 0 Å². The van der Waals surface area contributed by atoms with Crippen LogP contribution in [0.4, 0.5) is 17.1 Å². The summed E-state index contributed by atoms with van der Waals surface area (Å²) in [5.41, 5.74) is 15.4. The zero-order valence-electron chi connectivity index (χ0n) is 29.8. The van der Waals surface area contributed by atoms with Crippen molar-refractivity contribution < 1.29 is 0 Å². The summed E-state index contributed by atoms with van der Waals surface area (Å²) >= 11 is 0. The average molecular weight is 688 g/mol. The normalized spacial score (nSPS) is 12.6. The molecule has 0 aliphatic heterocycles. The van der Waals surface area contributed by atoms with E-state index in [2.05, 4.69) is 229 Å². The van der Waals surface area contributed by atoms with Crippen LogP contribution in [0.25, 0.3) is 44.2 Å². The molecule has 9 aromatic rings. The summed E-state index contributed by atoms with van der Waals surface area (Å²) in [5, 5.41) is 2.42. The van der Waals surface area contributed by atoms with Gasteiger partial charge >= 0.3 is 0 Å². The van der Waals surface area contributed by atoms with Gasteiger partial charge in [0.2, 0.25) is 0 Å². The quantitative estimate of drug-likeness (QED) is 0.161. The second-order valence-electron chi connectivity index (χ2n) is 14.1. The van der Waals surface area contributed by atoms with Crippen LogP contribution in [0.3, 0.4) is 0 Å². The molecule has 0 atom stereocenters. The summed E-state index contributed by atoms with van der Waals surface area (Å²) in [7, 11) is 0. The zero-order valence-corrected chi connectivity index (χ0v) is 29.8. The Balaban J connectivity index is 1.16. The molecule has 0 unspecified atom stereocenters. The van der Waals surface area contributed by atoms with Crippen LogP contribution in [-0.2, 0) is 5.41 Å². The molecule has 1 heteroatoms. The van der Waals surface area contributed by atoms with E-state index in [-0.39, 0.29) is 0 Å². The summed E-state index contributed by atoms with van der Waals surface area (Å²) in [6, 6.07) is 82.0. The van der Waals surface area contributed by atoms with Crippen LogP contribution in [-0.4, -0.2) is 0 Å². The topological polar surface area (TPSA) is 3.24 Å². The zero-order chi connectivity index (χ0) is 35.9. The third-order valence-corrected chi connectivity index (χ3v) is 11.1. The number of rotatable bonds is 7. The first kappa shape index (κ1) is 31.7. The van der Waals surface area contributed by atoms with Crippen LogP contribution in [0.5, 0.6) is 0 Å². The van der Waals surface area contributed by atoms with Crippen molar-refractivity contribution >= 4 is 27.8 Å². The Morgan fingerprint density at radius 3 is 1.56 bits per heavy atom. The molecule has 0 N–H and O–H groups in total. The molecule has 10 rings (SSSR count). The van der Waals surface area contributed by atoms with Gasteiger partial charge in [-0.05, 0) is 97.4 Å². The van der Waals surface area contributed by atoms with E-state index < -0.39 is 5.41 Å². The predicted molar refractivity (Wildman–Crippen MR) is 227 cm³/mol. The lowest BCUT2D eigenvalue weighted by Gasteiger charge is -2.35. The molecule has 0 radical (unpaired) electrons. The van der Waals surface area contributed by atoms with Crippen LogP contribution < -0.4 is 4.90 Å². The molecule has 0 fully saturated rings. The lowest BCUT2D eigenvalue weighted by molar-refractivity contribution is 0.768. The number of fused-ring (bicyclic) bond motifs is 4. The van der Waals surface area contributed by atoms with Gasteiger partial charge < -0.3 is 4.90 Å². The number of nitrogens with zero attached hydrogens (tertiary/aromatic N) is 1. The Hall–Kier alpha value is -6.96. The molecular formula is C53H37N. The molecule has 254 valence electrons. The molecule has 0 heterocycles. The molecule has 54 heavy (non-hydrogen) atoms. The van der Waals surface area contributed by atoms with Gasteiger partial charge in [0, 0.05) is 16.8 Å². The largest absolute Gasteiger partial charge is 0.310 e. The predicted octanol–water partition coefficient (Wildman–Crippen LogP) is 14.0. The second-order valence-corrected chi connectivity index (χ2v) is 14.1. The van der Waals surface area contributed by atoms with Crippen LogP contribution in [0.1, 0.15) is 22.3 Å². The number of benzene rings is 9. The maximum Gasteiger partial charge on any atom is 0.0714 e. The van der Waals surface area contributed by atoms with Gasteiger partial charge in [-0.1, -0.05) is 188 Å². The fourth-order valence-corrected chi connectivity index (χ4v) is 8.73. The fourth-order valence-electron chi connectivity index (χ4n) is 8.73. The summed E-state index contributed by atoms with van der Waals surface area (Å²) in [6.07, 6.45) is 0. The van der Waals surface area contributed by atoms with Gasteiger partial charge in [0.15, 0.2) is 0 Å². The first-order chi connectivity index (χ1) is 26.8. The molecule has 0 amide bonds. The summed E-state index contributed by atoms with van der Waals surface area (Å²) in [4.78, 5) is 2.43. The van der Waals surface area contributed by atoms with E-state index in [4.69, 9.17) is 0 Å². The van der Waals surface area contributed by atoms with Crippen molar-refractivity contribution in [3.05, 3.63) is 247 Å². The van der Waals surface area contributed by atoms with E-state index in [0.29, 0.717) is 0 Å². The number of hydrogen-bond acceptors (Lipinski definition) is 1. The Bertz CT molecular complexity index is 2710. The van der Waals surface area contributed by atoms with E-state index in [9.17, 15) is 0 Å². The third-order valence-electron chi connectivity index (χ3n) is 11.1. The molecule has 1 aliphatic carbocycles. The van der Waals surface area contributed by atoms with Crippen molar-refractivity contribution in [1.29, 1.82) is 0 Å². The van der Waals surface area contributed by atoms with Gasteiger partial charge in [-0.25, -0.2) is 0 Å². The minimum Gasteiger partial charge on any atom is -0.310 e. The van der Waals surface area contributed by atoms with E-state index in [0.717, 1.165) is 17.1 Å². The van der Waals surface area contributed by atoms with E-state index in [1.54, 1.807) is 0 Å². The molecule has 1 nitrogen and oxygen atoms in total. The molecule has 0 spiro atoms. The van der Waals surface area contributed by atoms with Gasteiger partial charge in [0.25, 0.3) is 0 Å². The molecular weight excluding hydrogens is 651 g/mol. The van der Waals surface area contributed by atoms with Crippen LogP contribution in [0, 0.1) is 0 Å². The fraction of sp³-hybridized carbons (Fsp3) is 0.0189. The lowest BCUT2D eigenvalue weighted by atomic mass is 9.67. The molecule has 0 saturated carbocycles. The van der Waals surface area contributed by atoms with Crippen LogP contribution in [0.2, 0.25) is 0 Å². The standard InChI is InChI=1S/C53H37N/c1-3-16-38(17-4-1)41-20-13-21-42(36-41)39-32-34-45(35-33-39)54(52-31-14-19-40-18-7-8-26-47(40)52)46-25-15-24-44(37-46)53(43-22-5-2-6-23-43)50-29-11-9-27-48(50)49-28-10-12-30-51(49)53/h1-37H. The molecule has 9 aromatic carbocycles. The Kier molecular flexibility index (Phi) is 7.78. The Labute approximate surface area is 317 Å². The van der Waals surface area contributed by atoms with Crippen molar-refractivity contribution in [2.75, 3.05) is 4.90 Å². The van der Waals surface area contributed by atoms with E-state index in [1.807, 2.05) is 0 Å². The molecule has 0 bridgehead atoms. The van der Waals surface area contributed by atoms with Crippen molar-refractivity contribution in [3.63, 3.8) is 0 Å². The van der Waals surface area contributed by atoms with Crippen molar-refractivity contribution in [2.45, 2.75) is 5.41 Å². The highest BCUT2D eigenvalue weighted by atomic mass is 15.1. The SMILES string of the molecule is c1ccc(-c2cccc(-c3ccc(N(c4cccc(C5(c6ccccc6)c6ccccc6-c6ccccc65)c4)c4cccc5ccccc45)cc3)c2)cc1. The summed E-state index contributed by atoms with van der Waals surface area (Å²) in [5.74, 6) is 0. The van der Waals surface area contributed by atoms with Gasteiger partial charge in [0.1, 0.15) is 0 Å². The Morgan fingerprint density at radius 1 is 0.315 bits per heavy atom. The van der Waals surface area contributed by atoms with E-state index in [1.165, 1.54) is 66.4 Å².